The molecule has 3 aromatic rings. The second-order valence-electron chi connectivity index (χ2n) is 7.61. The van der Waals surface area contributed by atoms with Gasteiger partial charge in [-0.1, -0.05) is 45.9 Å². The quantitative estimate of drug-likeness (QED) is 0.534. The Hall–Kier alpha value is -3.04. The maximum Gasteiger partial charge on any atom is 0.255 e. The summed E-state index contributed by atoms with van der Waals surface area (Å²) in [5.41, 5.74) is 2.08. The van der Waals surface area contributed by atoms with Gasteiger partial charge < -0.3 is 5.32 Å². The molecular formula is C23H29N5O3S. The van der Waals surface area contributed by atoms with E-state index in [2.05, 4.69) is 15.4 Å². The summed E-state index contributed by atoms with van der Waals surface area (Å²) in [5, 5.41) is 7.28. The zero-order valence-electron chi connectivity index (χ0n) is 18.8. The molecule has 3 rings (SSSR count). The number of pyridine rings is 1. The summed E-state index contributed by atoms with van der Waals surface area (Å²) in [5.74, 6) is 0.473. The number of rotatable bonds is 9. The maximum atomic E-state index is 12.9. The van der Waals surface area contributed by atoms with Gasteiger partial charge in [0.25, 0.3) is 5.91 Å². The summed E-state index contributed by atoms with van der Waals surface area (Å²) in [6.45, 7) is 8.74. The predicted molar refractivity (Wildman–Crippen MR) is 123 cm³/mol. The number of carbonyl (C=O) groups is 1. The average molecular weight is 456 g/mol. The Morgan fingerprint density at radius 2 is 1.78 bits per heavy atom. The first-order chi connectivity index (χ1) is 15.3. The number of nitrogens with one attached hydrogen (secondary N) is 1. The Balaban J connectivity index is 1.75. The molecule has 9 heteroatoms. The van der Waals surface area contributed by atoms with Crippen LogP contribution in [0.3, 0.4) is 0 Å². The Morgan fingerprint density at radius 1 is 1.09 bits per heavy atom. The molecule has 0 saturated heterocycles. The normalized spacial score (nSPS) is 11.8. The topological polar surface area (TPSA) is 97.2 Å². The third-order valence-corrected chi connectivity index (χ3v) is 7.25. The number of amides is 1. The summed E-state index contributed by atoms with van der Waals surface area (Å²) in [6.07, 6.45) is 3.24. The lowest BCUT2D eigenvalue weighted by atomic mass is 10.1. The fraction of sp³-hybridized carbons (Fsp3) is 0.348. The van der Waals surface area contributed by atoms with Crippen LogP contribution in [0.2, 0.25) is 0 Å². The van der Waals surface area contributed by atoms with Gasteiger partial charge in [-0.05, 0) is 35.7 Å². The Kier molecular flexibility index (Phi) is 7.42. The molecule has 8 nitrogen and oxygen atoms in total. The molecule has 2 aromatic heterocycles. The molecule has 0 bridgehead atoms. The number of benzene rings is 1. The molecule has 0 spiro atoms. The molecule has 32 heavy (non-hydrogen) atoms. The summed E-state index contributed by atoms with van der Waals surface area (Å²) in [7, 11) is -3.50. The fourth-order valence-corrected chi connectivity index (χ4v) is 4.98. The van der Waals surface area contributed by atoms with Crippen LogP contribution >= 0.6 is 0 Å². The van der Waals surface area contributed by atoms with Crippen molar-refractivity contribution in [2.45, 2.75) is 45.1 Å². The Labute approximate surface area is 189 Å². The van der Waals surface area contributed by atoms with E-state index in [0.29, 0.717) is 24.5 Å². The molecule has 2 heterocycles. The summed E-state index contributed by atoms with van der Waals surface area (Å²) >= 11 is 0. The number of sulfonamides is 1. The summed E-state index contributed by atoms with van der Waals surface area (Å²) in [4.78, 5) is 17.5. The molecule has 0 saturated carbocycles. The van der Waals surface area contributed by atoms with Crippen LogP contribution in [-0.2, 0) is 16.6 Å². The van der Waals surface area contributed by atoms with Gasteiger partial charge in [-0.2, -0.15) is 9.40 Å². The molecule has 170 valence electrons. The van der Waals surface area contributed by atoms with Gasteiger partial charge in [0.15, 0.2) is 5.82 Å². The third-order valence-electron chi connectivity index (χ3n) is 5.18. The van der Waals surface area contributed by atoms with Crippen molar-refractivity contribution in [3.63, 3.8) is 0 Å². The van der Waals surface area contributed by atoms with Crippen molar-refractivity contribution >= 4 is 15.9 Å². The van der Waals surface area contributed by atoms with Crippen molar-refractivity contribution in [3.05, 3.63) is 71.7 Å². The smallest absolute Gasteiger partial charge is 0.255 e. The van der Waals surface area contributed by atoms with Crippen LogP contribution in [0.15, 0.2) is 59.8 Å². The molecule has 0 unspecified atom stereocenters. The van der Waals surface area contributed by atoms with Crippen LogP contribution in [0.1, 0.15) is 55.2 Å². The lowest BCUT2D eigenvalue weighted by Gasteiger charge is -2.18. The first-order valence-corrected chi connectivity index (χ1v) is 12.1. The molecule has 0 aliphatic rings. The largest absolute Gasteiger partial charge is 0.348 e. The van der Waals surface area contributed by atoms with Gasteiger partial charge in [-0.15, -0.1) is 0 Å². The zero-order chi connectivity index (χ0) is 23.3. The molecule has 0 atom stereocenters. The average Bonchev–Trinajstić information content (AvgIpc) is 3.25. The molecule has 0 aliphatic carbocycles. The first-order valence-electron chi connectivity index (χ1n) is 10.7. The molecule has 1 aromatic carbocycles. The van der Waals surface area contributed by atoms with Crippen molar-refractivity contribution in [1.82, 2.24) is 24.4 Å². The van der Waals surface area contributed by atoms with Crippen LogP contribution in [0.4, 0.5) is 0 Å². The lowest BCUT2D eigenvalue weighted by molar-refractivity contribution is 0.0949. The third kappa shape index (κ3) is 4.89. The van der Waals surface area contributed by atoms with E-state index in [0.717, 1.165) is 11.3 Å². The first kappa shape index (κ1) is 23.6. The number of carbonyl (C=O) groups excluding carboxylic acids is 1. The monoisotopic (exact) mass is 455 g/mol. The van der Waals surface area contributed by atoms with Crippen molar-refractivity contribution in [2.75, 3.05) is 13.1 Å². The summed E-state index contributed by atoms with van der Waals surface area (Å²) < 4.78 is 28.3. The van der Waals surface area contributed by atoms with Crippen molar-refractivity contribution in [1.29, 1.82) is 0 Å². The van der Waals surface area contributed by atoms with Crippen molar-refractivity contribution in [3.8, 4) is 5.82 Å². The van der Waals surface area contributed by atoms with Gasteiger partial charge in [0.05, 0.1) is 22.3 Å². The number of nitrogens with zero attached hydrogens (tertiary/aromatic N) is 4. The van der Waals surface area contributed by atoms with Crippen molar-refractivity contribution in [2.24, 2.45) is 0 Å². The minimum atomic E-state index is -3.50. The molecule has 0 aliphatic heterocycles. The number of hydrogen-bond donors (Lipinski definition) is 1. The maximum absolute atomic E-state index is 12.9. The van der Waals surface area contributed by atoms with Crippen molar-refractivity contribution < 1.29 is 13.2 Å². The lowest BCUT2D eigenvalue weighted by Crippen LogP contribution is -2.30. The highest BCUT2D eigenvalue weighted by Gasteiger charge is 2.22. The van der Waals surface area contributed by atoms with Crippen LogP contribution in [0.25, 0.3) is 5.82 Å². The van der Waals surface area contributed by atoms with Gasteiger partial charge in [0, 0.05) is 25.8 Å². The van der Waals surface area contributed by atoms with Crippen LogP contribution in [0.5, 0.6) is 0 Å². The van der Waals surface area contributed by atoms with E-state index in [1.807, 2.05) is 45.9 Å². The fourth-order valence-electron chi connectivity index (χ4n) is 3.52. The van der Waals surface area contributed by atoms with Gasteiger partial charge in [-0.3, -0.25) is 4.79 Å². The number of hydrogen-bond acceptors (Lipinski definition) is 5. The van der Waals surface area contributed by atoms with Gasteiger partial charge in [0.2, 0.25) is 10.0 Å². The highest BCUT2D eigenvalue weighted by molar-refractivity contribution is 7.89. The minimum Gasteiger partial charge on any atom is -0.348 e. The second kappa shape index (κ2) is 10.1. The van der Waals surface area contributed by atoms with E-state index in [4.69, 9.17) is 0 Å². The van der Waals surface area contributed by atoms with Gasteiger partial charge >= 0.3 is 0 Å². The Morgan fingerprint density at radius 3 is 2.34 bits per heavy atom. The second-order valence-corrected chi connectivity index (χ2v) is 9.55. The highest BCUT2D eigenvalue weighted by atomic mass is 32.2. The standard InChI is InChI=1S/C23H29N5O3S/c1-5-27(6-2)32(30,31)19-12-10-18(11-13-19)15-25-23(29)20-16-26-28(22(20)17(3)4)21-9-7-8-14-24-21/h7-14,16-17H,5-6,15H2,1-4H3,(H,25,29). The van der Waals surface area contributed by atoms with E-state index in [1.165, 1.54) is 4.31 Å². The van der Waals surface area contributed by atoms with Gasteiger partial charge in [-0.25, -0.2) is 18.1 Å². The highest BCUT2D eigenvalue weighted by Crippen LogP contribution is 2.22. The van der Waals surface area contributed by atoms with E-state index >= 15 is 0 Å². The van der Waals surface area contributed by atoms with Gasteiger partial charge in [0.1, 0.15) is 0 Å². The molecule has 0 radical (unpaired) electrons. The zero-order valence-corrected chi connectivity index (χ0v) is 19.6. The van der Waals surface area contributed by atoms with E-state index in [9.17, 15) is 13.2 Å². The molecular weight excluding hydrogens is 426 g/mol. The number of aromatic nitrogens is 3. The van der Waals surface area contributed by atoms with Crippen LogP contribution < -0.4 is 5.32 Å². The van der Waals surface area contributed by atoms with Crippen LogP contribution in [-0.4, -0.2) is 46.5 Å². The van der Waals surface area contributed by atoms with E-state index < -0.39 is 10.0 Å². The molecule has 1 N–H and O–H groups in total. The predicted octanol–water partition coefficient (Wildman–Crippen LogP) is 3.35. The van der Waals surface area contributed by atoms with E-state index in [-0.39, 0.29) is 23.3 Å². The summed E-state index contributed by atoms with van der Waals surface area (Å²) in [6, 6.07) is 12.1. The Bertz CT molecular complexity index is 1150. The SMILES string of the molecule is CCN(CC)S(=O)(=O)c1ccc(CNC(=O)c2cnn(-c3ccccn3)c2C(C)C)cc1. The molecule has 0 fully saturated rings. The van der Waals surface area contributed by atoms with Crippen LogP contribution in [0, 0.1) is 0 Å². The van der Waals surface area contributed by atoms with E-state index in [1.54, 1.807) is 41.3 Å². The minimum absolute atomic E-state index is 0.0600. The molecule has 1 amide bonds.